The Balaban J connectivity index is 2.04. The van der Waals surface area contributed by atoms with E-state index in [2.05, 4.69) is 5.32 Å². The van der Waals surface area contributed by atoms with E-state index in [1.807, 2.05) is 30.3 Å². The Morgan fingerprint density at radius 2 is 2.00 bits per heavy atom. The first-order valence-corrected chi connectivity index (χ1v) is 5.42. The molecule has 1 fully saturated rings. The summed E-state index contributed by atoms with van der Waals surface area (Å²) >= 11 is 0. The lowest BCUT2D eigenvalue weighted by atomic mass is 9.93. The van der Waals surface area contributed by atoms with Crippen LogP contribution in [0.1, 0.15) is 24.5 Å². The van der Waals surface area contributed by atoms with Crippen molar-refractivity contribution in [3.05, 3.63) is 35.9 Å². The van der Waals surface area contributed by atoms with Gasteiger partial charge in [-0.25, -0.2) is 0 Å². The van der Waals surface area contributed by atoms with Crippen molar-refractivity contribution < 1.29 is 10.2 Å². The molecule has 0 bridgehead atoms. The Labute approximate surface area is 89.8 Å². The molecular formula is C12H17NO2. The number of rotatable bonds is 2. The Morgan fingerprint density at radius 3 is 2.67 bits per heavy atom. The van der Waals surface area contributed by atoms with Crippen LogP contribution in [0.15, 0.2) is 30.3 Å². The molecule has 82 valence electrons. The van der Waals surface area contributed by atoms with Crippen LogP contribution in [-0.4, -0.2) is 28.9 Å². The molecule has 0 saturated carbocycles. The standard InChI is InChI=1S/C12H17NO2/c14-10-6-7-13-11(8-10)12(15)9-4-2-1-3-5-9/h1-5,10-15H,6-8H2. The first kappa shape index (κ1) is 10.6. The fourth-order valence-electron chi connectivity index (χ4n) is 2.05. The van der Waals surface area contributed by atoms with Crippen LogP contribution in [0, 0.1) is 0 Å². The van der Waals surface area contributed by atoms with Gasteiger partial charge >= 0.3 is 0 Å². The van der Waals surface area contributed by atoms with Crippen molar-refractivity contribution in [3.8, 4) is 0 Å². The summed E-state index contributed by atoms with van der Waals surface area (Å²) in [6.07, 6.45) is 0.587. The van der Waals surface area contributed by atoms with Gasteiger partial charge in [0.15, 0.2) is 0 Å². The zero-order valence-electron chi connectivity index (χ0n) is 8.63. The molecular weight excluding hydrogens is 190 g/mol. The molecule has 3 nitrogen and oxygen atoms in total. The lowest BCUT2D eigenvalue weighted by molar-refractivity contribution is 0.0545. The van der Waals surface area contributed by atoms with Crippen LogP contribution in [0.2, 0.25) is 0 Å². The van der Waals surface area contributed by atoms with Crippen molar-refractivity contribution in [2.24, 2.45) is 0 Å². The number of benzene rings is 1. The lowest BCUT2D eigenvalue weighted by Crippen LogP contribution is -2.43. The third-order valence-electron chi connectivity index (χ3n) is 2.93. The first-order chi connectivity index (χ1) is 7.27. The second-order valence-electron chi connectivity index (χ2n) is 4.09. The van der Waals surface area contributed by atoms with Crippen molar-refractivity contribution in [2.75, 3.05) is 6.54 Å². The maximum absolute atomic E-state index is 10.1. The molecule has 0 aliphatic carbocycles. The van der Waals surface area contributed by atoms with Gasteiger partial charge in [0.1, 0.15) is 0 Å². The number of hydrogen-bond acceptors (Lipinski definition) is 3. The average molecular weight is 207 g/mol. The molecule has 3 heteroatoms. The predicted octanol–water partition coefficient (Wildman–Crippen LogP) is 0.833. The van der Waals surface area contributed by atoms with Gasteiger partial charge in [-0.2, -0.15) is 0 Å². The molecule has 3 unspecified atom stereocenters. The predicted molar refractivity (Wildman–Crippen MR) is 58.4 cm³/mol. The summed E-state index contributed by atoms with van der Waals surface area (Å²) in [5.74, 6) is 0. The third-order valence-corrected chi connectivity index (χ3v) is 2.93. The van der Waals surface area contributed by atoms with Gasteiger partial charge in [0.05, 0.1) is 12.2 Å². The smallest absolute Gasteiger partial charge is 0.0943 e. The van der Waals surface area contributed by atoms with Crippen LogP contribution in [0.3, 0.4) is 0 Å². The topological polar surface area (TPSA) is 52.5 Å². The van der Waals surface area contributed by atoms with Crippen LogP contribution < -0.4 is 5.32 Å². The van der Waals surface area contributed by atoms with Crippen molar-refractivity contribution in [3.63, 3.8) is 0 Å². The Morgan fingerprint density at radius 1 is 1.27 bits per heavy atom. The molecule has 0 aromatic heterocycles. The van der Waals surface area contributed by atoms with Gasteiger partial charge in [0.25, 0.3) is 0 Å². The molecule has 1 saturated heterocycles. The summed E-state index contributed by atoms with van der Waals surface area (Å²) in [5.41, 5.74) is 0.907. The van der Waals surface area contributed by atoms with E-state index in [-0.39, 0.29) is 12.1 Å². The van der Waals surface area contributed by atoms with E-state index in [0.717, 1.165) is 18.5 Å². The van der Waals surface area contributed by atoms with Gasteiger partial charge < -0.3 is 15.5 Å². The fraction of sp³-hybridized carbons (Fsp3) is 0.500. The van der Waals surface area contributed by atoms with Gasteiger partial charge in [-0.3, -0.25) is 0 Å². The highest BCUT2D eigenvalue weighted by Gasteiger charge is 2.26. The Bertz CT molecular complexity index is 302. The summed E-state index contributed by atoms with van der Waals surface area (Å²) in [6, 6.07) is 9.55. The maximum Gasteiger partial charge on any atom is 0.0943 e. The van der Waals surface area contributed by atoms with Gasteiger partial charge in [-0.1, -0.05) is 30.3 Å². The molecule has 3 atom stereocenters. The molecule has 2 rings (SSSR count). The molecule has 0 radical (unpaired) electrons. The molecule has 15 heavy (non-hydrogen) atoms. The van der Waals surface area contributed by atoms with Crippen LogP contribution in [-0.2, 0) is 0 Å². The lowest BCUT2D eigenvalue weighted by Gasteiger charge is -2.31. The van der Waals surface area contributed by atoms with Crippen LogP contribution in [0.4, 0.5) is 0 Å². The molecule has 1 aromatic rings. The SMILES string of the molecule is OC1CCNC(C(O)c2ccccc2)C1. The highest BCUT2D eigenvalue weighted by Crippen LogP contribution is 2.22. The molecule has 0 amide bonds. The van der Waals surface area contributed by atoms with Crippen LogP contribution >= 0.6 is 0 Å². The summed E-state index contributed by atoms with van der Waals surface area (Å²) < 4.78 is 0. The van der Waals surface area contributed by atoms with Crippen molar-refractivity contribution >= 4 is 0 Å². The summed E-state index contributed by atoms with van der Waals surface area (Å²) in [4.78, 5) is 0. The van der Waals surface area contributed by atoms with E-state index in [0.29, 0.717) is 6.42 Å². The number of hydrogen-bond donors (Lipinski definition) is 3. The Kier molecular flexibility index (Phi) is 3.36. The monoisotopic (exact) mass is 207 g/mol. The average Bonchev–Trinajstić information content (AvgIpc) is 2.29. The quantitative estimate of drug-likeness (QED) is 0.673. The van der Waals surface area contributed by atoms with Crippen molar-refractivity contribution in [1.29, 1.82) is 0 Å². The van der Waals surface area contributed by atoms with E-state index in [1.165, 1.54) is 0 Å². The minimum absolute atomic E-state index is 0.0313. The highest BCUT2D eigenvalue weighted by atomic mass is 16.3. The van der Waals surface area contributed by atoms with E-state index < -0.39 is 6.10 Å². The number of nitrogens with one attached hydrogen (secondary N) is 1. The molecule has 1 heterocycles. The van der Waals surface area contributed by atoms with Gasteiger partial charge in [-0.15, -0.1) is 0 Å². The zero-order valence-corrected chi connectivity index (χ0v) is 8.63. The zero-order chi connectivity index (χ0) is 10.7. The van der Waals surface area contributed by atoms with Crippen molar-refractivity contribution in [2.45, 2.75) is 31.1 Å². The summed E-state index contributed by atoms with van der Waals surface area (Å²) in [6.45, 7) is 0.774. The van der Waals surface area contributed by atoms with Crippen molar-refractivity contribution in [1.82, 2.24) is 5.32 Å². The molecule has 3 N–H and O–H groups in total. The second kappa shape index (κ2) is 4.75. The molecule has 0 spiro atoms. The fourth-order valence-corrected chi connectivity index (χ4v) is 2.05. The van der Waals surface area contributed by atoms with Gasteiger partial charge in [0, 0.05) is 6.04 Å². The highest BCUT2D eigenvalue weighted by molar-refractivity contribution is 5.19. The molecule has 1 aromatic carbocycles. The second-order valence-corrected chi connectivity index (χ2v) is 4.09. The minimum Gasteiger partial charge on any atom is -0.393 e. The Hall–Kier alpha value is -0.900. The maximum atomic E-state index is 10.1. The van der Waals surface area contributed by atoms with Gasteiger partial charge in [0.2, 0.25) is 0 Å². The van der Waals surface area contributed by atoms with Gasteiger partial charge in [-0.05, 0) is 24.9 Å². The number of piperidine rings is 1. The number of aliphatic hydroxyl groups excluding tert-OH is 2. The number of aliphatic hydroxyl groups is 2. The minimum atomic E-state index is -0.527. The third kappa shape index (κ3) is 2.56. The molecule has 1 aliphatic rings. The van der Waals surface area contributed by atoms with Crippen LogP contribution in [0.25, 0.3) is 0 Å². The van der Waals surface area contributed by atoms with E-state index in [9.17, 15) is 10.2 Å². The largest absolute Gasteiger partial charge is 0.393 e. The van der Waals surface area contributed by atoms with Crippen LogP contribution in [0.5, 0.6) is 0 Å². The summed E-state index contributed by atoms with van der Waals surface area (Å²) in [7, 11) is 0. The van der Waals surface area contributed by atoms with E-state index >= 15 is 0 Å². The van der Waals surface area contributed by atoms with E-state index in [4.69, 9.17) is 0 Å². The summed E-state index contributed by atoms with van der Waals surface area (Å²) in [5, 5.41) is 22.9. The van der Waals surface area contributed by atoms with E-state index in [1.54, 1.807) is 0 Å². The molecule has 1 aliphatic heterocycles. The first-order valence-electron chi connectivity index (χ1n) is 5.42. The normalized spacial score (nSPS) is 28.7.